The summed E-state index contributed by atoms with van der Waals surface area (Å²) in [5.74, 6) is 2.91. The van der Waals surface area contributed by atoms with Crippen molar-refractivity contribution in [3.63, 3.8) is 0 Å². The van der Waals surface area contributed by atoms with Crippen molar-refractivity contribution in [2.75, 3.05) is 0 Å². The molecule has 4 heteroatoms. The molecule has 0 radical (unpaired) electrons. The average molecular weight is 287 g/mol. The Kier molecular flexibility index (Phi) is 3.27. The lowest BCUT2D eigenvalue weighted by Crippen LogP contribution is -2.46. The first-order valence-corrected chi connectivity index (χ1v) is 7.41. The van der Waals surface area contributed by atoms with Crippen LogP contribution in [0.2, 0.25) is 0 Å². The third kappa shape index (κ3) is 2.14. The molecule has 0 N–H and O–H groups in total. The summed E-state index contributed by atoms with van der Waals surface area (Å²) in [7, 11) is 0. The molecule has 18 heavy (non-hydrogen) atoms. The van der Waals surface area contributed by atoms with Crippen molar-refractivity contribution in [1.29, 1.82) is 0 Å². The molecule has 0 unspecified atom stereocenters. The van der Waals surface area contributed by atoms with E-state index in [1.54, 1.807) is 0 Å². The standard InChI is InChI=1S/C14H16Cl2O2/c15-12(17)6-11(14(16)18)13-9-2-7-1-8(4-9)5-10(13)3-7/h6-10,13H,1-5H2/b11-6+. The summed E-state index contributed by atoms with van der Waals surface area (Å²) in [5, 5.41) is -1.09. The van der Waals surface area contributed by atoms with Crippen molar-refractivity contribution in [2.45, 2.75) is 32.1 Å². The zero-order chi connectivity index (χ0) is 12.9. The molecule has 0 atom stereocenters. The molecule has 0 aromatic rings. The molecule has 4 bridgehead atoms. The van der Waals surface area contributed by atoms with Gasteiger partial charge in [0.2, 0.25) is 10.5 Å². The van der Waals surface area contributed by atoms with Gasteiger partial charge in [-0.2, -0.15) is 0 Å². The lowest BCUT2D eigenvalue weighted by atomic mass is 9.50. The van der Waals surface area contributed by atoms with Gasteiger partial charge in [0.15, 0.2) is 0 Å². The van der Waals surface area contributed by atoms with E-state index in [4.69, 9.17) is 23.2 Å². The second-order valence-electron chi connectivity index (χ2n) is 6.13. The maximum absolute atomic E-state index is 11.6. The highest BCUT2D eigenvalue weighted by Crippen LogP contribution is 2.58. The highest BCUT2D eigenvalue weighted by molar-refractivity contribution is 6.70. The molecular formula is C14H16Cl2O2. The van der Waals surface area contributed by atoms with E-state index in [-0.39, 0.29) is 5.92 Å². The Morgan fingerprint density at radius 1 is 0.889 bits per heavy atom. The Bertz CT molecular complexity index is 400. The number of hydrogen-bond acceptors (Lipinski definition) is 2. The summed E-state index contributed by atoms with van der Waals surface area (Å²) in [6.45, 7) is 0. The fraction of sp³-hybridized carbons (Fsp3) is 0.714. The first-order chi connectivity index (χ1) is 8.54. The van der Waals surface area contributed by atoms with E-state index < -0.39 is 10.5 Å². The first-order valence-electron chi connectivity index (χ1n) is 6.65. The van der Waals surface area contributed by atoms with E-state index >= 15 is 0 Å². The lowest BCUT2D eigenvalue weighted by Gasteiger charge is -2.54. The largest absolute Gasteiger partial charge is 0.276 e. The molecule has 0 saturated heterocycles. The zero-order valence-corrected chi connectivity index (χ0v) is 11.6. The highest BCUT2D eigenvalue weighted by Gasteiger charge is 2.50. The van der Waals surface area contributed by atoms with E-state index in [0.29, 0.717) is 17.4 Å². The van der Waals surface area contributed by atoms with Crippen molar-refractivity contribution in [1.82, 2.24) is 0 Å². The number of carbonyl (C=O) groups is 2. The number of hydrogen-bond donors (Lipinski definition) is 0. The van der Waals surface area contributed by atoms with Gasteiger partial charge in [0, 0.05) is 11.6 Å². The molecule has 4 rings (SSSR count). The predicted molar refractivity (Wildman–Crippen MR) is 70.3 cm³/mol. The van der Waals surface area contributed by atoms with Gasteiger partial charge < -0.3 is 0 Å². The lowest BCUT2D eigenvalue weighted by molar-refractivity contribution is -0.112. The van der Waals surface area contributed by atoms with Crippen LogP contribution in [0.15, 0.2) is 11.6 Å². The van der Waals surface area contributed by atoms with Gasteiger partial charge in [0.1, 0.15) is 0 Å². The maximum Gasteiger partial charge on any atom is 0.248 e. The second kappa shape index (κ2) is 4.64. The molecule has 2 nitrogen and oxygen atoms in total. The van der Waals surface area contributed by atoms with Crippen LogP contribution in [-0.4, -0.2) is 10.5 Å². The summed E-state index contributed by atoms with van der Waals surface area (Å²) >= 11 is 11.1. The van der Waals surface area contributed by atoms with Crippen molar-refractivity contribution in [3.05, 3.63) is 11.6 Å². The van der Waals surface area contributed by atoms with Gasteiger partial charge in [-0.3, -0.25) is 9.59 Å². The Balaban J connectivity index is 1.91. The molecular weight excluding hydrogens is 271 g/mol. The molecule has 0 spiro atoms. The van der Waals surface area contributed by atoms with Crippen LogP contribution in [0.25, 0.3) is 0 Å². The van der Waals surface area contributed by atoms with Crippen LogP contribution in [0.4, 0.5) is 0 Å². The molecule has 0 aromatic carbocycles. The third-order valence-corrected chi connectivity index (χ3v) is 5.41. The number of halogens is 2. The number of allylic oxidation sites excluding steroid dienone is 2. The first kappa shape index (κ1) is 12.7. The van der Waals surface area contributed by atoms with Crippen molar-refractivity contribution < 1.29 is 9.59 Å². The topological polar surface area (TPSA) is 34.1 Å². The third-order valence-electron chi connectivity index (χ3n) is 5.08. The molecule has 0 aromatic heterocycles. The summed E-state index contributed by atoms with van der Waals surface area (Å²) in [6, 6.07) is 0. The second-order valence-corrected chi connectivity index (χ2v) is 6.85. The van der Waals surface area contributed by atoms with E-state index in [0.717, 1.165) is 11.8 Å². The maximum atomic E-state index is 11.6. The number of carbonyl (C=O) groups excluding carboxylic acids is 2. The molecule has 4 aliphatic rings. The van der Waals surface area contributed by atoms with E-state index in [2.05, 4.69) is 0 Å². The van der Waals surface area contributed by atoms with Crippen molar-refractivity contribution in [3.8, 4) is 0 Å². The minimum atomic E-state index is -0.590. The molecule has 0 aliphatic heterocycles. The van der Waals surface area contributed by atoms with Crippen LogP contribution in [0.3, 0.4) is 0 Å². The van der Waals surface area contributed by atoms with Crippen LogP contribution < -0.4 is 0 Å². The Morgan fingerprint density at radius 3 is 1.78 bits per heavy atom. The predicted octanol–water partition coefficient (Wildman–Crippen LogP) is 3.52. The normalized spacial score (nSPS) is 42.1. The van der Waals surface area contributed by atoms with Crippen molar-refractivity contribution in [2.24, 2.45) is 29.6 Å². The van der Waals surface area contributed by atoms with Crippen LogP contribution in [0, 0.1) is 29.6 Å². The smallest absolute Gasteiger partial charge is 0.248 e. The quantitative estimate of drug-likeness (QED) is 0.588. The Labute approximate surface area is 117 Å². The summed E-state index contributed by atoms with van der Waals surface area (Å²) in [5.41, 5.74) is 0.463. The summed E-state index contributed by atoms with van der Waals surface area (Å²) < 4.78 is 0. The van der Waals surface area contributed by atoms with Gasteiger partial charge in [0.25, 0.3) is 0 Å². The van der Waals surface area contributed by atoms with Crippen LogP contribution in [-0.2, 0) is 9.59 Å². The van der Waals surface area contributed by atoms with Crippen LogP contribution >= 0.6 is 23.2 Å². The minimum Gasteiger partial charge on any atom is -0.276 e. The van der Waals surface area contributed by atoms with Gasteiger partial charge in [0.05, 0.1) is 0 Å². The molecule has 0 heterocycles. The summed E-state index contributed by atoms with van der Waals surface area (Å²) in [6.07, 6.45) is 7.38. The minimum absolute atomic E-state index is 0.172. The highest BCUT2D eigenvalue weighted by atomic mass is 35.5. The van der Waals surface area contributed by atoms with Gasteiger partial charge >= 0.3 is 0 Å². The molecule has 4 saturated carbocycles. The van der Waals surface area contributed by atoms with Gasteiger partial charge in [-0.1, -0.05) is 0 Å². The van der Waals surface area contributed by atoms with Crippen LogP contribution in [0.1, 0.15) is 32.1 Å². The van der Waals surface area contributed by atoms with E-state index in [9.17, 15) is 9.59 Å². The monoisotopic (exact) mass is 286 g/mol. The Hall–Kier alpha value is -0.340. The molecule has 0 amide bonds. The summed E-state index contributed by atoms with van der Waals surface area (Å²) in [4.78, 5) is 22.7. The van der Waals surface area contributed by atoms with Gasteiger partial charge in [-0.25, -0.2) is 0 Å². The number of rotatable bonds is 3. The molecule has 98 valence electrons. The van der Waals surface area contributed by atoms with E-state index in [1.165, 1.54) is 38.2 Å². The fourth-order valence-electron chi connectivity index (χ4n) is 4.84. The van der Waals surface area contributed by atoms with Gasteiger partial charge in [-0.05, 0) is 84.9 Å². The molecule has 4 fully saturated rings. The zero-order valence-electron chi connectivity index (χ0n) is 10.1. The fourth-order valence-corrected chi connectivity index (χ4v) is 5.14. The van der Waals surface area contributed by atoms with E-state index in [1.807, 2.05) is 0 Å². The van der Waals surface area contributed by atoms with Crippen LogP contribution in [0.5, 0.6) is 0 Å². The average Bonchev–Trinajstić information content (AvgIpc) is 2.25. The Morgan fingerprint density at radius 2 is 1.39 bits per heavy atom. The SMILES string of the molecule is O=C(Cl)/C=C(/C(=O)Cl)C1C2CC3CC(C2)CC1C3. The molecule has 4 aliphatic carbocycles. The van der Waals surface area contributed by atoms with Gasteiger partial charge in [-0.15, -0.1) is 0 Å². The van der Waals surface area contributed by atoms with Crippen molar-refractivity contribution >= 4 is 33.7 Å².